The van der Waals surface area contributed by atoms with E-state index in [2.05, 4.69) is 17.0 Å². The number of benzene rings is 2. The third-order valence-electron chi connectivity index (χ3n) is 9.83. The van der Waals surface area contributed by atoms with Gasteiger partial charge in [-0.25, -0.2) is 18.4 Å². The Labute approximate surface area is 246 Å². The second-order valence-corrected chi connectivity index (χ2v) is 14.7. The van der Waals surface area contributed by atoms with Gasteiger partial charge in [-0.15, -0.1) is 0 Å². The number of nitrogens with two attached hydrogens (primary N) is 1. The third-order valence-corrected chi connectivity index (χ3v) is 11.4. The highest BCUT2D eigenvalue weighted by molar-refractivity contribution is 7.89. The first-order chi connectivity index (χ1) is 19.5. The number of carbonyl (C=O) groups is 1. The fourth-order valence-corrected chi connectivity index (χ4v) is 8.47. The zero-order chi connectivity index (χ0) is 28.9. The predicted molar refractivity (Wildman–Crippen MR) is 158 cm³/mol. The van der Waals surface area contributed by atoms with Gasteiger partial charge < -0.3 is 19.8 Å². The van der Waals surface area contributed by atoms with Gasteiger partial charge in [0.1, 0.15) is 5.75 Å². The highest BCUT2D eigenvalue weighted by Crippen LogP contribution is 2.47. The minimum atomic E-state index is -3.50. The fraction of sp³-hybridized carbons (Fsp3) is 0.516. The monoisotopic (exact) mass is 600 g/mol. The van der Waals surface area contributed by atoms with Crippen molar-refractivity contribution in [2.24, 2.45) is 22.9 Å². The molecule has 2 aromatic rings. The van der Waals surface area contributed by atoms with Gasteiger partial charge in [0.2, 0.25) is 10.0 Å². The summed E-state index contributed by atoms with van der Waals surface area (Å²) in [5.41, 5.74) is 3.23. The van der Waals surface area contributed by atoms with Gasteiger partial charge in [0.15, 0.2) is 0 Å². The largest absolute Gasteiger partial charge is 0.490 e. The van der Waals surface area contributed by atoms with Crippen LogP contribution >= 0.6 is 11.6 Å². The number of rotatable bonds is 7. The van der Waals surface area contributed by atoms with Crippen LogP contribution in [0.1, 0.15) is 60.0 Å². The van der Waals surface area contributed by atoms with Gasteiger partial charge in [-0.3, -0.25) is 0 Å². The average molecular weight is 601 g/mol. The first-order valence-electron chi connectivity index (χ1n) is 14.4. The minimum absolute atomic E-state index is 0.0732. The van der Waals surface area contributed by atoms with Gasteiger partial charge in [-0.05, 0) is 104 Å². The van der Waals surface area contributed by atoms with Crippen molar-refractivity contribution in [3.63, 3.8) is 0 Å². The van der Waals surface area contributed by atoms with Crippen molar-refractivity contribution in [2.45, 2.75) is 61.7 Å². The molecule has 4 atom stereocenters. The summed E-state index contributed by atoms with van der Waals surface area (Å²) in [5, 5.41) is 26.3. The Morgan fingerprint density at radius 2 is 2.02 bits per heavy atom. The lowest BCUT2D eigenvalue weighted by Crippen LogP contribution is -2.49. The molecular weight excluding hydrogens is 564 g/mol. The van der Waals surface area contributed by atoms with E-state index < -0.39 is 27.3 Å². The fourth-order valence-electron chi connectivity index (χ4n) is 7.25. The standard InChI is InChI=1S/C31H37ClN2O6S/c32-23-6-8-26-20(14-23)2-1-11-31(26)17-34(27-15-21(30(36)37)5-10-29(27)40-18-31)16-22-4-7-25(22)28(35)9-3-19-12-24(13-19)41(33,38)39/h3,5-6,8-10,14-15,19,22,24-25,28,35H,1-2,4,7,11-13,16-18H2,(H,36,37)(H2,33,38,39)/b9-3+/t19?,22-,24?,25+,28-,31-/m0/s1. The SMILES string of the molecule is NS(=O)(=O)C1CC(/C=C/[C@H](O)[C@@H]2CC[C@H]2CN2C[C@@]3(CCCc4cc(Cl)ccc43)COc3ccc(C(=O)O)cc32)C1. The summed E-state index contributed by atoms with van der Waals surface area (Å²) < 4.78 is 29.5. The Balaban J connectivity index is 1.24. The number of hydrogen-bond donors (Lipinski definition) is 3. The van der Waals surface area contributed by atoms with Gasteiger partial charge in [-0.2, -0.15) is 0 Å². The number of primary sulfonamides is 1. The molecule has 6 rings (SSSR count). The summed E-state index contributed by atoms with van der Waals surface area (Å²) >= 11 is 6.35. The minimum Gasteiger partial charge on any atom is -0.490 e. The summed E-state index contributed by atoms with van der Waals surface area (Å²) in [6.07, 6.45) is 8.96. The van der Waals surface area contributed by atoms with Crippen molar-refractivity contribution < 1.29 is 28.2 Å². The second-order valence-electron chi connectivity index (χ2n) is 12.4. The molecule has 10 heteroatoms. The van der Waals surface area contributed by atoms with Gasteiger partial charge in [-0.1, -0.05) is 29.8 Å². The van der Waals surface area contributed by atoms with Crippen LogP contribution in [0.4, 0.5) is 5.69 Å². The molecule has 0 aromatic heterocycles. The highest BCUT2D eigenvalue weighted by atomic mass is 35.5. The number of nitrogens with zero attached hydrogens (tertiary/aromatic N) is 1. The molecule has 41 heavy (non-hydrogen) atoms. The van der Waals surface area contributed by atoms with Crippen LogP contribution in [0.5, 0.6) is 5.75 Å². The van der Waals surface area contributed by atoms with Crippen molar-refractivity contribution in [3.8, 4) is 5.75 Å². The van der Waals surface area contributed by atoms with E-state index in [-0.39, 0.29) is 28.7 Å². The van der Waals surface area contributed by atoms with Crippen LogP contribution in [0, 0.1) is 17.8 Å². The first-order valence-corrected chi connectivity index (χ1v) is 16.4. The van der Waals surface area contributed by atoms with E-state index in [1.165, 1.54) is 11.1 Å². The van der Waals surface area contributed by atoms with Crippen LogP contribution in [0.25, 0.3) is 0 Å². The predicted octanol–water partition coefficient (Wildman–Crippen LogP) is 4.52. The number of allylic oxidation sites excluding steroid dienone is 1. The lowest BCUT2D eigenvalue weighted by molar-refractivity contribution is 0.0453. The number of ether oxygens (including phenoxy) is 1. The maximum Gasteiger partial charge on any atom is 0.335 e. The topological polar surface area (TPSA) is 130 Å². The first kappa shape index (κ1) is 28.5. The molecule has 0 radical (unpaired) electrons. The molecule has 4 aliphatic rings. The molecular formula is C31H37ClN2O6S. The van der Waals surface area contributed by atoms with E-state index in [9.17, 15) is 23.4 Å². The molecule has 0 amide bonds. The molecule has 3 aliphatic carbocycles. The Bertz CT molecular complexity index is 1470. The summed E-state index contributed by atoms with van der Waals surface area (Å²) in [5.74, 6) is 0.114. The molecule has 2 fully saturated rings. The molecule has 2 saturated carbocycles. The average Bonchev–Trinajstić information content (AvgIpc) is 3.02. The van der Waals surface area contributed by atoms with Crippen molar-refractivity contribution in [2.75, 3.05) is 24.6 Å². The Kier molecular flexibility index (Phi) is 7.59. The zero-order valence-corrected chi connectivity index (χ0v) is 24.5. The molecule has 1 aliphatic heterocycles. The normalized spacial score (nSPS) is 30.0. The Hall–Kier alpha value is -2.59. The van der Waals surface area contributed by atoms with Crippen molar-refractivity contribution >= 4 is 33.3 Å². The summed E-state index contributed by atoms with van der Waals surface area (Å²) in [7, 11) is -3.50. The zero-order valence-electron chi connectivity index (χ0n) is 22.9. The quantitative estimate of drug-likeness (QED) is 0.398. The van der Waals surface area contributed by atoms with Gasteiger partial charge in [0, 0.05) is 23.5 Å². The maximum atomic E-state index is 11.9. The lowest BCUT2D eigenvalue weighted by atomic mass is 9.68. The molecule has 0 saturated heterocycles. The highest BCUT2D eigenvalue weighted by Gasteiger charge is 2.44. The van der Waals surface area contributed by atoms with E-state index in [4.69, 9.17) is 21.5 Å². The van der Waals surface area contributed by atoms with Crippen LogP contribution < -0.4 is 14.8 Å². The van der Waals surface area contributed by atoms with Crippen LogP contribution in [-0.2, 0) is 21.9 Å². The van der Waals surface area contributed by atoms with E-state index in [0.717, 1.165) is 42.8 Å². The third kappa shape index (κ3) is 5.61. The van der Waals surface area contributed by atoms with E-state index in [1.807, 2.05) is 18.2 Å². The van der Waals surface area contributed by atoms with Gasteiger partial charge >= 0.3 is 5.97 Å². The molecule has 2 aromatic carbocycles. The number of fused-ring (bicyclic) bond motifs is 3. The van der Waals surface area contributed by atoms with E-state index >= 15 is 0 Å². The number of halogens is 1. The molecule has 0 bridgehead atoms. The van der Waals surface area contributed by atoms with E-state index in [1.54, 1.807) is 18.2 Å². The number of aryl methyl sites for hydroxylation is 1. The summed E-state index contributed by atoms with van der Waals surface area (Å²) in [6, 6.07) is 11.2. The van der Waals surface area contributed by atoms with Gasteiger partial charge in [0.25, 0.3) is 0 Å². The number of aromatic carboxylic acids is 1. The van der Waals surface area contributed by atoms with Crippen molar-refractivity contribution in [3.05, 3.63) is 70.3 Å². The van der Waals surface area contributed by atoms with Gasteiger partial charge in [0.05, 0.1) is 29.2 Å². The molecule has 1 heterocycles. The van der Waals surface area contributed by atoms with Crippen LogP contribution in [-0.4, -0.2) is 55.7 Å². The summed E-state index contributed by atoms with van der Waals surface area (Å²) in [6.45, 7) is 1.86. The molecule has 0 unspecified atom stereocenters. The number of aliphatic hydroxyl groups is 1. The van der Waals surface area contributed by atoms with Crippen LogP contribution in [0.3, 0.4) is 0 Å². The smallest absolute Gasteiger partial charge is 0.335 e. The molecule has 220 valence electrons. The van der Waals surface area contributed by atoms with Crippen molar-refractivity contribution in [1.82, 2.24) is 0 Å². The molecule has 8 nitrogen and oxygen atoms in total. The summed E-state index contributed by atoms with van der Waals surface area (Å²) in [4.78, 5) is 14.2. The number of aliphatic hydroxyl groups excluding tert-OH is 1. The second kappa shape index (κ2) is 10.9. The molecule has 1 spiro atoms. The Morgan fingerprint density at radius 3 is 2.73 bits per heavy atom. The number of hydrogen-bond acceptors (Lipinski definition) is 6. The van der Waals surface area contributed by atoms with Crippen LogP contribution in [0.15, 0.2) is 48.6 Å². The Morgan fingerprint density at radius 1 is 1.22 bits per heavy atom. The lowest BCUT2D eigenvalue weighted by Gasteiger charge is -2.45. The number of sulfonamides is 1. The number of anilines is 1. The maximum absolute atomic E-state index is 11.9. The van der Waals surface area contributed by atoms with Crippen LogP contribution in [0.2, 0.25) is 5.02 Å². The number of carboxylic acids is 1. The van der Waals surface area contributed by atoms with E-state index in [0.29, 0.717) is 38.3 Å². The van der Waals surface area contributed by atoms with Crippen molar-refractivity contribution in [1.29, 1.82) is 0 Å². The number of carboxylic acid groups (broad SMARTS) is 1. The molecule has 4 N–H and O–H groups in total.